The maximum absolute atomic E-state index is 13.3. The lowest BCUT2D eigenvalue weighted by Gasteiger charge is -2.46. The van der Waals surface area contributed by atoms with Crippen LogP contribution in [-0.4, -0.2) is 47.6 Å². The molecule has 0 bridgehead atoms. The van der Waals surface area contributed by atoms with E-state index in [0.29, 0.717) is 0 Å². The second-order valence-corrected chi connectivity index (χ2v) is 6.38. The SMILES string of the molecule is O=C(c1ccc(CO)cc1)C1(N2CCOCC2)CCCCC1. The van der Waals surface area contributed by atoms with Gasteiger partial charge in [-0.1, -0.05) is 43.5 Å². The number of carbonyl (C=O) groups is 1. The summed E-state index contributed by atoms with van der Waals surface area (Å²) < 4.78 is 5.47. The summed E-state index contributed by atoms with van der Waals surface area (Å²) in [7, 11) is 0. The van der Waals surface area contributed by atoms with Gasteiger partial charge in [0, 0.05) is 18.7 Å². The zero-order valence-electron chi connectivity index (χ0n) is 13.1. The van der Waals surface area contributed by atoms with Crippen molar-refractivity contribution in [1.29, 1.82) is 0 Å². The molecule has 0 atom stereocenters. The zero-order chi connectivity index (χ0) is 15.4. The molecule has 1 aliphatic heterocycles. The Labute approximate surface area is 132 Å². The van der Waals surface area contributed by atoms with Gasteiger partial charge in [-0.15, -0.1) is 0 Å². The third-order valence-corrected chi connectivity index (χ3v) is 5.12. The molecular formula is C18H25NO3. The Bertz CT molecular complexity index is 500. The van der Waals surface area contributed by atoms with Gasteiger partial charge in [0.1, 0.15) is 0 Å². The van der Waals surface area contributed by atoms with E-state index >= 15 is 0 Å². The van der Waals surface area contributed by atoms with Gasteiger partial charge in [0.25, 0.3) is 0 Å². The van der Waals surface area contributed by atoms with Gasteiger partial charge in [-0.3, -0.25) is 9.69 Å². The smallest absolute Gasteiger partial charge is 0.183 e. The minimum Gasteiger partial charge on any atom is -0.392 e. The fourth-order valence-electron chi connectivity index (χ4n) is 3.85. The summed E-state index contributed by atoms with van der Waals surface area (Å²) in [6.07, 6.45) is 5.37. The summed E-state index contributed by atoms with van der Waals surface area (Å²) in [4.78, 5) is 15.6. The van der Waals surface area contributed by atoms with Crippen LogP contribution in [-0.2, 0) is 11.3 Å². The van der Waals surface area contributed by atoms with Gasteiger partial charge >= 0.3 is 0 Å². The third kappa shape index (κ3) is 2.96. The van der Waals surface area contributed by atoms with Gasteiger partial charge in [-0.05, 0) is 18.4 Å². The predicted octanol–water partition coefficient (Wildman–Crippen LogP) is 2.40. The summed E-state index contributed by atoms with van der Waals surface area (Å²) in [6.45, 7) is 3.15. The lowest BCUT2D eigenvalue weighted by molar-refractivity contribution is -0.0264. The average Bonchev–Trinajstić information content (AvgIpc) is 2.62. The summed E-state index contributed by atoms with van der Waals surface area (Å²) >= 11 is 0. The molecule has 0 spiro atoms. The number of aliphatic hydroxyl groups excluding tert-OH is 1. The van der Waals surface area contributed by atoms with Gasteiger partial charge < -0.3 is 9.84 Å². The van der Waals surface area contributed by atoms with Gasteiger partial charge in [-0.2, -0.15) is 0 Å². The van der Waals surface area contributed by atoms with Gasteiger partial charge in [0.05, 0.1) is 25.4 Å². The van der Waals surface area contributed by atoms with Gasteiger partial charge in [0.2, 0.25) is 0 Å². The van der Waals surface area contributed by atoms with Crippen LogP contribution < -0.4 is 0 Å². The van der Waals surface area contributed by atoms with Crippen LogP contribution in [0.1, 0.15) is 48.0 Å². The monoisotopic (exact) mass is 303 g/mol. The molecule has 1 heterocycles. The van der Waals surface area contributed by atoms with E-state index in [4.69, 9.17) is 9.84 Å². The highest BCUT2D eigenvalue weighted by Gasteiger charge is 2.45. The summed E-state index contributed by atoms with van der Waals surface area (Å²) in [5.41, 5.74) is 1.27. The van der Waals surface area contributed by atoms with E-state index in [1.165, 1.54) is 6.42 Å². The first kappa shape index (κ1) is 15.7. The average molecular weight is 303 g/mol. The van der Waals surface area contributed by atoms with Crippen molar-refractivity contribution < 1.29 is 14.6 Å². The molecule has 4 heteroatoms. The molecular weight excluding hydrogens is 278 g/mol. The van der Waals surface area contributed by atoms with E-state index < -0.39 is 0 Å². The second-order valence-electron chi connectivity index (χ2n) is 6.38. The standard InChI is InChI=1S/C18H25NO3/c20-14-15-4-6-16(7-5-15)17(21)18(8-2-1-3-9-18)19-10-12-22-13-11-19/h4-7,20H,1-3,8-14H2. The first-order chi connectivity index (χ1) is 10.8. The van der Waals surface area contributed by atoms with E-state index in [2.05, 4.69) is 4.90 Å². The number of ketones is 1. The molecule has 1 aromatic carbocycles. The Hall–Kier alpha value is -1.23. The molecule has 1 saturated carbocycles. The topological polar surface area (TPSA) is 49.8 Å². The molecule has 1 aliphatic carbocycles. The number of hydrogen-bond donors (Lipinski definition) is 1. The Balaban J connectivity index is 1.88. The Morgan fingerprint density at radius 1 is 1.09 bits per heavy atom. The molecule has 120 valence electrons. The normalized spacial score (nSPS) is 22.4. The highest BCUT2D eigenvalue weighted by Crippen LogP contribution is 2.37. The summed E-state index contributed by atoms with van der Waals surface area (Å²) in [5.74, 6) is 0.249. The second kappa shape index (κ2) is 6.90. The van der Waals surface area contributed by atoms with Crippen LogP contribution in [0.2, 0.25) is 0 Å². The van der Waals surface area contributed by atoms with Crippen molar-refractivity contribution in [3.63, 3.8) is 0 Å². The Morgan fingerprint density at radius 2 is 1.73 bits per heavy atom. The zero-order valence-corrected chi connectivity index (χ0v) is 13.1. The number of benzene rings is 1. The van der Waals surface area contributed by atoms with Gasteiger partial charge in [-0.25, -0.2) is 0 Å². The van der Waals surface area contributed by atoms with Crippen LogP contribution >= 0.6 is 0 Å². The molecule has 1 aromatic rings. The number of morpholine rings is 1. The molecule has 1 N–H and O–H groups in total. The van der Waals surface area contributed by atoms with E-state index in [9.17, 15) is 4.79 Å². The van der Waals surface area contributed by atoms with Gasteiger partial charge in [0.15, 0.2) is 5.78 Å². The third-order valence-electron chi connectivity index (χ3n) is 5.12. The Kier molecular flexibility index (Phi) is 4.91. The van der Waals surface area contributed by atoms with Crippen LogP contribution in [0.25, 0.3) is 0 Å². The molecule has 4 nitrogen and oxygen atoms in total. The van der Waals surface area contributed by atoms with Crippen LogP contribution in [0.5, 0.6) is 0 Å². The number of rotatable bonds is 4. The number of aliphatic hydroxyl groups is 1. The molecule has 3 rings (SSSR count). The minimum absolute atomic E-state index is 0.0169. The Morgan fingerprint density at radius 3 is 2.32 bits per heavy atom. The fourth-order valence-corrected chi connectivity index (χ4v) is 3.85. The van der Waals surface area contributed by atoms with E-state index in [1.54, 1.807) is 0 Å². The van der Waals surface area contributed by atoms with Crippen molar-refractivity contribution in [3.8, 4) is 0 Å². The van der Waals surface area contributed by atoms with E-state index in [-0.39, 0.29) is 17.9 Å². The minimum atomic E-state index is -0.344. The molecule has 22 heavy (non-hydrogen) atoms. The highest BCUT2D eigenvalue weighted by molar-refractivity contribution is 6.03. The quantitative estimate of drug-likeness (QED) is 0.868. The van der Waals surface area contributed by atoms with Crippen LogP contribution in [0.3, 0.4) is 0 Å². The lowest BCUT2D eigenvalue weighted by Crippen LogP contribution is -2.59. The molecule has 0 amide bonds. The molecule has 0 unspecified atom stereocenters. The number of carbonyl (C=O) groups excluding carboxylic acids is 1. The number of Topliss-reactive ketones (excluding diaryl/α,β-unsaturated/α-hetero) is 1. The molecule has 1 saturated heterocycles. The predicted molar refractivity (Wildman–Crippen MR) is 84.9 cm³/mol. The lowest BCUT2D eigenvalue weighted by atomic mass is 9.75. The first-order valence-electron chi connectivity index (χ1n) is 8.34. The molecule has 0 radical (unpaired) electrons. The van der Waals surface area contributed by atoms with Crippen molar-refractivity contribution >= 4 is 5.78 Å². The fraction of sp³-hybridized carbons (Fsp3) is 0.611. The molecule has 2 fully saturated rings. The first-order valence-corrected chi connectivity index (χ1v) is 8.34. The maximum atomic E-state index is 13.3. The number of ether oxygens (including phenoxy) is 1. The maximum Gasteiger partial charge on any atom is 0.183 e. The highest BCUT2D eigenvalue weighted by atomic mass is 16.5. The van der Waals surface area contributed by atoms with E-state index in [1.807, 2.05) is 24.3 Å². The van der Waals surface area contributed by atoms with Crippen molar-refractivity contribution in [2.45, 2.75) is 44.2 Å². The van der Waals surface area contributed by atoms with Crippen molar-refractivity contribution in [1.82, 2.24) is 4.90 Å². The van der Waals surface area contributed by atoms with Crippen molar-refractivity contribution in [3.05, 3.63) is 35.4 Å². The van der Waals surface area contributed by atoms with Crippen LogP contribution in [0.4, 0.5) is 0 Å². The van der Waals surface area contributed by atoms with Crippen molar-refractivity contribution in [2.75, 3.05) is 26.3 Å². The van der Waals surface area contributed by atoms with E-state index in [0.717, 1.165) is 63.1 Å². The van der Waals surface area contributed by atoms with Crippen LogP contribution in [0, 0.1) is 0 Å². The number of nitrogens with zero attached hydrogens (tertiary/aromatic N) is 1. The summed E-state index contributed by atoms with van der Waals surface area (Å²) in [5, 5.41) is 9.16. The molecule has 0 aromatic heterocycles. The number of hydrogen-bond acceptors (Lipinski definition) is 4. The molecule has 2 aliphatic rings. The van der Waals surface area contributed by atoms with Crippen molar-refractivity contribution in [2.24, 2.45) is 0 Å². The largest absolute Gasteiger partial charge is 0.392 e. The summed E-state index contributed by atoms with van der Waals surface area (Å²) in [6, 6.07) is 7.43. The van der Waals surface area contributed by atoms with Crippen LogP contribution in [0.15, 0.2) is 24.3 Å².